The van der Waals surface area contributed by atoms with Crippen LogP contribution in [0.1, 0.15) is 40.0 Å². The third kappa shape index (κ3) is 6.94. The number of pyridine rings is 1. The number of hydrogen-bond donors (Lipinski definition) is 6. The molecule has 192 valence electrons. The van der Waals surface area contributed by atoms with Crippen molar-refractivity contribution in [2.45, 2.75) is 19.5 Å². The van der Waals surface area contributed by atoms with E-state index in [2.05, 4.69) is 26.3 Å². The fourth-order valence-electron chi connectivity index (χ4n) is 3.76. The van der Waals surface area contributed by atoms with Crippen molar-refractivity contribution in [3.8, 4) is 0 Å². The molecule has 0 aliphatic rings. The van der Waals surface area contributed by atoms with Gasteiger partial charge in [-0.25, -0.2) is 4.79 Å². The van der Waals surface area contributed by atoms with Crippen molar-refractivity contribution in [1.29, 1.82) is 5.41 Å². The van der Waals surface area contributed by atoms with Gasteiger partial charge in [0.1, 0.15) is 5.84 Å². The Balaban J connectivity index is 1.35. The molecule has 0 spiro atoms. The van der Waals surface area contributed by atoms with Gasteiger partial charge in [0.2, 0.25) is 0 Å². The summed E-state index contributed by atoms with van der Waals surface area (Å²) in [5.74, 6) is -0.189. The third-order valence-corrected chi connectivity index (χ3v) is 5.85. The van der Waals surface area contributed by atoms with Gasteiger partial charge < -0.3 is 27.0 Å². The first-order chi connectivity index (χ1) is 18.4. The summed E-state index contributed by atoms with van der Waals surface area (Å²) in [7, 11) is 0. The van der Waals surface area contributed by atoms with E-state index in [0.29, 0.717) is 29.0 Å². The van der Waals surface area contributed by atoms with Gasteiger partial charge in [0.15, 0.2) is 0 Å². The molecule has 9 nitrogen and oxygen atoms in total. The molecule has 1 heterocycles. The first-order valence-corrected chi connectivity index (χ1v) is 12.0. The summed E-state index contributed by atoms with van der Waals surface area (Å²) in [6.45, 7) is 2.42. The number of rotatable bonds is 9. The largest absolute Gasteiger partial charge is 0.384 e. The summed E-state index contributed by atoms with van der Waals surface area (Å²) < 4.78 is 0. The number of nitrogens with zero attached hydrogens (tertiary/aromatic N) is 1. The highest BCUT2D eigenvalue weighted by Crippen LogP contribution is 2.26. The molecule has 4 aromatic rings. The molecule has 1 aromatic heterocycles. The van der Waals surface area contributed by atoms with Gasteiger partial charge in [0, 0.05) is 41.8 Å². The number of urea groups is 1. The van der Waals surface area contributed by atoms with Gasteiger partial charge in [0.05, 0.1) is 11.4 Å². The van der Waals surface area contributed by atoms with E-state index < -0.39 is 6.03 Å². The van der Waals surface area contributed by atoms with Crippen LogP contribution >= 0.6 is 0 Å². The number of carbonyl (C=O) groups is 2. The van der Waals surface area contributed by atoms with Gasteiger partial charge in [-0.05, 0) is 72.6 Å². The van der Waals surface area contributed by atoms with Crippen molar-refractivity contribution in [2.75, 3.05) is 16.0 Å². The topological polar surface area (TPSA) is 145 Å². The average Bonchev–Trinajstić information content (AvgIpc) is 2.93. The molecular weight excluding hydrogens is 478 g/mol. The molecule has 0 aliphatic heterocycles. The van der Waals surface area contributed by atoms with Gasteiger partial charge in [-0.15, -0.1) is 0 Å². The van der Waals surface area contributed by atoms with Crippen LogP contribution in [-0.4, -0.2) is 22.8 Å². The Labute approximate surface area is 221 Å². The van der Waals surface area contributed by atoms with Crippen molar-refractivity contribution >= 4 is 34.8 Å². The lowest BCUT2D eigenvalue weighted by molar-refractivity contribution is 0.0951. The molecule has 3 amide bonds. The van der Waals surface area contributed by atoms with E-state index in [-0.39, 0.29) is 17.8 Å². The fourth-order valence-corrected chi connectivity index (χ4v) is 3.76. The van der Waals surface area contributed by atoms with Crippen LogP contribution in [0.2, 0.25) is 0 Å². The molecule has 1 atom stereocenters. The molecule has 1 unspecified atom stereocenters. The van der Waals surface area contributed by atoms with E-state index in [1.165, 1.54) is 0 Å². The number of nitrogens with two attached hydrogens (primary N) is 1. The lowest BCUT2D eigenvalue weighted by atomic mass is 10.0. The Hall–Kier alpha value is -5.18. The number of benzene rings is 3. The second-order valence-electron chi connectivity index (χ2n) is 8.65. The number of nitrogens with one attached hydrogen (secondary N) is 5. The van der Waals surface area contributed by atoms with Crippen LogP contribution in [-0.2, 0) is 6.54 Å². The maximum atomic E-state index is 12.6. The number of aromatic nitrogens is 1. The number of carbonyl (C=O) groups excluding carboxylic acids is 2. The molecule has 0 bridgehead atoms. The SMILES string of the molecule is CC(Nc1ccccc1NC(=O)Nc1ccc(C(=N)N)cc1)c1ccc(C(=O)NCc2cccnc2)cc1. The monoisotopic (exact) mass is 507 g/mol. The molecule has 0 saturated heterocycles. The maximum Gasteiger partial charge on any atom is 0.323 e. The maximum absolute atomic E-state index is 12.6. The molecule has 0 saturated carbocycles. The van der Waals surface area contributed by atoms with Gasteiger partial charge in [0.25, 0.3) is 5.91 Å². The molecule has 0 aliphatic carbocycles. The molecule has 0 fully saturated rings. The number of amidine groups is 1. The minimum Gasteiger partial charge on any atom is -0.384 e. The first-order valence-electron chi connectivity index (χ1n) is 12.0. The molecule has 3 aromatic carbocycles. The van der Waals surface area contributed by atoms with E-state index >= 15 is 0 Å². The Morgan fingerprint density at radius 2 is 1.55 bits per heavy atom. The molecule has 9 heteroatoms. The normalized spacial score (nSPS) is 11.2. The summed E-state index contributed by atoms with van der Waals surface area (Å²) >= 11 is 0. The Bertz CT molecular complexity index is 1410. The van der Waals surface area contributed by atoms with E-state index in [0.717, 1.165) is 16.8 Å². The van der Waals surface area contributed by atoms with Gasteiger partial charge in [-0.2, -0.15) is 0 Å². The van der Waals surface area contributed by atoms with Crippen LogP contribution in [0.25, 0.3) is 0 Å². The number of anilines is 3. The summed E-state index contributed by atoms with van der Waals surface area (Å²) in [6.07, 6.45) is 3.42. The van der Waals surface area contributed by atoms with Crippen LogP contribution in [0.15, 0.2) is 97.3 Å². The summed E-state index contributed by atoms with van der Waals surface area (Å²) in [5, 5.41) is 19.4. The van der Waals surface area contributed by atoms with Crippen LogP contribution < -0.4 is 27.0 Å². The zero-order chi connectivity index (χ0) is 26.9. The quantitative estimate of drug-likeness (QED) is 0.138. The smallest absolute Gasteiger partial charge is 0.323 e. The van der Waals surface area contributed by atoms with Crippen LogP contribution in [0.5, 0.6) is 0 Å². The van der Waals surface area contributed by atoms with Crippen LogP contribution in [0.4, 0.5) is 21.9 Å². The van der Waals surface area contributed by atoms with Gasteiger partial charge >= 0.3 is 6.03 Å². The zero-order valence-electron chi connectivity index (χ0n) is 20.9. The fraction of sp³-hybridized carbons (Fsp3) is 0.103. The zero-order valence-corrected chi connectivity index (χ0v) is 20.9. The van der Waals surface area contributed by atoms with E-state index in [1.807, 2.05) is 55.5 Å². The second-order valence-corrected chi connectivity index (χ2v) is 8.65. The van der Waals surface area contributed by atoms with Crippen LogP contribution in [0, 0.1) is 5.41 Å². The van der Waals surface area contributed by atoms with Gasteiger partial charge in [-0.3, -0.25) is 15.2 Å². The van der Waals surface area contributed by atoms with E-state index in [4.69, 9.17) is 11.1 Å². The number of hydrogen-bond acceptors (Lipinski definition) is 5. The second kappa shape index (κ2) is 12.2. The predicted molar refractivity (Wildman–Crippen MR) is 150 cm³/mol. The minimum atomic E-state index is -0.399. The molecule has 7 N–H and O–H groups in total. The van der Waals surface area contributed by atoms with E-state index in [9.17, 15) is 9.59 Å². The number of para-hydroxylation sites is 2. The molecule has 38 heavy (non-hydrogen) atoms. The molecule has 0 radical (unpaired) electrons. The summed E-state index contributed by atoms with van der Waals surface area (Å²) in [6, 6.07) is 24.8. The van der Waals surface area contributed by atoms with Crippen LogP contribution in [0.3, 0.4) is 0 Å². The highest BCUT2D eigenvalue weighted by molar-refractivity contribution is 6.02. The van der Waals surface area contributed by atoms with Crippen molar-refractivity contribution < 1.29 is 9.59 Å². The lowest BCUT2D eigenvalue weighted by Crippen LogP contribution is -2.23. The highest BCUT2D eigenvalue weighted by Gasteiger charge is 2.12. The van der Waals surface area contributed by atoms with Crippen molar-refractivity contribution in [3.05, 3.63) is 120 Å². The predicted octanol–water partition coefficient (Wildman–Crippen LogP) is 5.11. The first kappa shape index (κ1) is 25.9. The highest BCUT2D eigenvalue weighted by atomic mass is 16.2. The number of nitrogen functional groups attached to an aromatic ring is 1. The van der Waals surface area contributed by atoms with Crippen molar-refractivity contribution in [1.82, 2.24) is 10.3 Å². The number of amides is 3. The Kier molecular flexibility index (Phi) is 8.30. The Morgan fingerprint density at radius 1 is 0.868 bits per heavy atom. The van der Waals surface area contributed by atoms with Crippen molar-refractivity contribution in [2.24, 2.45) is 5.73 Å². The van der Waals surface area contributed by atoms with Crippen molar-refractivity contribution in [3.63, 3.8) is 0 Å². The summed E-state index contributed by atoms with van der Waals surface area (Å²) in [5.41, 5.74) is 10.5. The standard InChI is InChI=1S/C29H29N7O2/c1-19(21-8-10-23(11-9-21)28(37)33-18-20-5-4-16-32-17-20)34-25-6-2-3-7-26(25)36-29(38)35-24-14-12-22(13-15-24)27(30)31/h2-17,19,34H,18H2,1H3,(H3,30,31)(H,33,37)(H2,35,36,38). The average molecular weight is 508 g/mol. The van der Waals surface area contributed by atoms with Gasteiger partial charge in [-0.1, -0.05) is 30.3 Å². The third-order valence-electron chi connectivity index (χ3n) is 5.85. The molecule has 4 rings (SSSR count). The molecular formula is C29H29N7O2. The minimum absolute atomic E-state index is 0.0335. The van der Waals surface area contributed by atoms with E-state index in [1.54, 1.807) is 48.8 Å². The summed E-state index contributed by atoms with van der Waals surface area (Å²) in [4.78, 5) is 29.2. The lowest BCUT2D eigenvalue weighted by Gasteiger charge is -2.19. The Morgan fingerprint density at radius 3 is 2.21 bits per heavy atom.